The number of hydrogen-bond donors (Lipinski definition) is 2. The summed E-state index contributed by atoms with van der Waals surface area (Å²) in [5.74, 6) is 0.776. The number of carbonyl (C=O) groups excluding carboxylic acids is 1. The molecule has 2 rings (SSSR count). The Morgan fingerprint density at radius 1 is 1.52 bits per heavy atom. The van der Waals surface area contributed by atoms with Gasteiger partial charge in [-0.1, -0.05) is 6.42 Å². The van der Waals surface area contributed by atoms with E-state index in [2.05, 4.69) is 10.2 Å². The summed E-state index contributed by atoms with van der Waals surface area (Å²) < 4.78 is 5.22. The monoisotopic (exact) mass is 294 g/mol. The second-order valence-electron chi connectivity index (χ2n) is 5.95. The molecule has 1 aliphatic rings. The van der Waals surface area contributed by atoms with Crippen LogP contribution < -0.4 is 5.32 Å². The summed E-state index contributed by atoms with van der Waals surface area (Å²) in [6.45, 7) is 5.10. The molecular weight excluding hydrogens is 268 g/mol. The molecule has 5 heteroatoms. The third-order valence-corrected chi connectivity index (χ3v) is 4.18. The van der Waals surface area contributed by atoms with Crippen molar-refractivity contribution in [3.8, 4) is 0 Å². The number of aliphatic hydroxyl groups is 1. The minimum atomic E-state index is -0.325. The van der Waals surface area contributed by atoms with Crippen LogP contribution in [0, 0.1) is 0 Å². The average molecular weight is 294 g/mol. The predicted octanol–water partition coefficient (Wildman–Crippen LogP) is 1.91. The summed E-state index contributed by atoms with van der Waals surface area (Å²) in [5, 5.41) is 12.6. The van der Waals surface area contributed by atoms with Crippen molar-refractivity contribution in [1.29, 1.82) is 0 Å². The molecular formula is C16H26N2O3. The van der Waals surface area contributed by atoms with E-state index < -0.39 is 0 Å². The summed E-state index contributed by atoms with van der Waals surface area (Å²) in [6.07, 6.45) is 5.36. The molecule has 3 atom stereocenters. The predicted molar refractivity (Wildman–Crippen MR) is 80.7 cm³/mol. The Kier molecular flexibility index (Phi) is 5.82. The number of rotatable bonds is 6. The number of aliphatic hydroxyl groups excluding tert-OH is 1. The average Bonchev–Trinajstić information content (AvgIpc) is 2.97. The highest BCUT2D eigenvalue weighted by Crippen LogP contribution is 2.23. The molecule has 1 saturated heterocycles. The van der Waals surface area contributed by atoms with Gasteiger partial charge in [-0.25, -0.2) is 0 Å². The lowest BCUT2D eigenvalue weighted by Gasteiger charge is -2.39. The third-order valence-electron chi connectivity index (χ3n) is 4.18. The van der Waals surface area contributed by atoms with E-state index in [0.717, 1.165) is 31.6 Å². The standard InChI is InChI=1S/C16H26N2O3/c1-12(19)10-14-6-3-4-8-18(14)13(2)16(20)17-11-15-7-5-9-21-15/h5,7,9,12-14,19H,3-4,6,8,10-11H2,1-2H3,(H,17,20). The zero-order valence-electron chi connectivity index (χ0n) is 12.9. The number of piperidine rings is 1. The van der Waals surface area contributed by atoms with E-state index in [4.69, 9.17) is 4.42 Å². The van der Waals surface area contributed by atoms with Crippen LogP contribution in [0.2, 0.25) is 0 Å². The van der Waals surface area contributed by atoms with E-state index in [1.165, 1.54) is 6.42 Å². The van der Waals surface area contributed by atoms with Crippen LogP contribution in [-0.4, -0.2) is 40.6 Å². The number of carbonyl (C=O) groups is 1. The molecule has 1 aromatic rings. The van der Waals surface area contributed by atoms with Gasteiger partial charge in [-0.15, -0.1) is 0 Å². The fourth-order valence-corrected chi connectivity index (χ4v) is 3.07. The summed E-state index contributed by atoms with van der Waals surface area (Å²) in [7, 11) is 0. The summed E-state index contributed by atoms with van der Waals surface area (Å²) >= 11 is 0. The molecule has 1 amide bonds. The molecule has 0 spiro atoms. The van der Waals surface area contributed by atoms with Crippen LogP contribution in [0.25, 0.3) is 0 Å². The quantitative estimate of drug-likeness (QED) is 0.841. The summed E-state index contributed by atoms with van der Waals surface area (Å²) in [6, 6.07) is 3.78. The lowest BCUT2D eigenvalue weighted by Crippen LogP contribution is -2.52. The molecule has 0 aromatic carbocycles. The zero-order valence-corrected chi connectivity index (χ0v) is 12.9. The van der Waals surface area contributed by atoms with Crippen LogP contribution in [0.15, 0.2) is 22.8 Å². The Morgan fingerprint density at radius 3 is 3.00 bits per heavy atom. The van der Waals surface area contributed by atoms with E-state index in [1.807, 2.05) is 26.0 Å². The molecule has 1 aromatic heterocycles. The second kappa shape index (κ2) is 7.61. The van der Waals surface area contributed by atoms with Crippen molar-refractivity contribution >= 4 is 5.91 Å². The summed E-state index contributed by atoms with van der Waals surface area (Å²) in [4.78, 5) is 14.5. The smallest absolute Gasteiger partial charge is 0.237 e. The maximum atomic E-state index is 12.3. The molecule has 2 N–H and O–H groups in total. The SMILES string of the molecule is CC(O)CC1CCCCN1C(C)C(=O)NCc1ccco1. The Labute approximate surface area is 126 Å². The molecule has 118 valence electrons. The Bertz CT molecular complexity index is 431. The first-order valence-electron chi connectivity index (χ1n) is 7.82. The topological polar surface area (TPSA) is 65.7 Å². The first kappa shape index (κ1) is 16.0. The van der Waals surface area contributed by atoms with Crippen LogP contribution >= 0.6 is 0 Å². The summed E-state index contributed by atoms with van der Waals surface area (Å²) in [5.41, 5.74) is 0. The fraction of sp³-hybridized carbons (Fsp3) is 0.688. The molecule has 1 aliphatic heterocycles. The fourth-order valence-electron chi connectivity index (χ4n) is 3.07. The van der Waals surface area contributed by atoms with Gasteiger partial charge in [0.2, 0.25) is 5.91 Å². The first-order chi connectivity index (χ1) is 10.1. The highest BCUT2D eigenvalue weighted by molar-refractivity contribution is 5.81. The molecule has 0 radical (unpaired) electrons. The van der Waals surface area contributed by atoms with Crippen LogP contribution in [0.3, 0.4) is 0 Å². The largest absolute Gasteiger partial charge is 0.467 e. The lowest BCUT2D eigenvalue weighted by molar-refractivity contribution is -0.128. The van der Waals surface area contributed by atoms with Gasteiger partial charge in [-0.3, -0.25) is 9.69 Å². The van der Waals surface area contributed by atoms with Crippen LogP contribution in [0.1, 0.15) is 45.3 Å². The molecule has 21 heavy (non-hydrogen) atoms. The highest BCUT2D eigenvalue weighted by atomic mass is 16.3. The van der Waals surface area contributed by atoms with Gasteiger partial charge in [0, 0.05) is 6.04 Å². The van der Waals surface area contributed by atoms with Crippen molar-refractivity contribution in [2.75, 3.05) is 6.54 Å². The van der Waals surface area contributed by atoms with E-state index >= 15 is 0 Å². The van der Waals surface area contributed by atoms with Gasteiger partial charge >= 0.3 is 0 Å². The molecule has 2 heterocycles. The first-order valence-corrected chi connectivity index (χ1v) is 7.82. The van der Waals surface area contributed by atoms with Gasteiger partial charge in [0.05, 0.1) is 25.0 Å². The number of nitrogens with one attached hydrogen (secondary N) is 1. The van der Waals surface area contributed by atoms with Crippen molar-refractivity contribution in [1.82, 2.24) is 10.2 Å². The van der Waals surface area contributed by atoms with Crippen molar-refractivity contribution in [3.63, 3.8) is 0 Å². The Hall–Kier alpha value is -1.33. The number of likely N-dealkylation sites (tertiary alicyclic amines) is 1. The molecule has 0 bridgehead atoms. The van der Waals surface area contributed by atoms with E-state index in [0.29, 0.717) is 12.6 Å². The van der Waals surface area contributed by atoms with Crippen LogP contribution in [-0.2, 0) is 11.3 Å². The number of furan rings is 1. The van der Waals surface area contributed by atoms with E-state index in [9.17, 15) is 9.90 Å². The molecule has 5 nitrogen and oxygen atoms in total. The normalized spacial score (nSPS) is 22.7. The maximum absolute atomic E-state index is 12.3. The molecule has 1 fully saturated rings. The maximum Gasteiger partial charge on any atom is 0.237 e. The minimum Gasteiger partial charge on any atom is -0.467 e. The van der Waals surface area contributed by atoms with Gasteiger partial charge in [-0.05, 0) is 51.8 Å². The highest BCUT2D eigenvalue weighted by Gasteiger charge is 2.30. The van der Waals surface area contributed by atoms with Crippen molar-refractivity contribution in [3.05, 3.63) is 24.2 Å². The number of amides is 1. The molecule has 0 saturated carbocycles. The van der Waals surface area contributed by atoms with Crippen molar-refractivity contribution < 1.29 is 14.3 Å². The van der Waals surface area contributed by atoms with E-state index in [-0.39, 0.29) is 18.1 Å². The van der Waals surface area contributed by atoms with E-state index in [1.54, 1.807) is 6.26 Å². The third kappa shape index (κ3) is 4.58. The lowest BCUT2D eigenvalue weighted by atomic mass is 9.95. The van der Waals surface area contributed by atoms with Crippen molar-refractivity contribution in [2.45, 2.75) is 64.3 Å². The van der Waals surface area contributed by atoms with Gasteiger partial charge in [0.25, 0.3) is 0 Å². The Balaban J connectivity index is 1.89. The van der Waals surface area contributed by atoms with Gasteiger partial charge < -0.3 is 14.8 Å². The molecule has 3 unspecified atom stereocenters. The zero-order chi connectivity index (χ0) is 15.2. The number of hydrogen-bond acceptors (Lipinski definition) is 4. The minimum absolute atomic E-state index is 0.0175. The van der Waals surface area contributed by atoms with Crippen LogP contribution in [0.4, 0.5) is 0 Å². The van der Waals surface area contributed by atoms with Crippen molar-refractivity contribution in [2.24, 2.45) is 0 Å². The molecule has 0 aliphatic carbocycles. The van der Waals surface area contributed by atoms with Gasteiger partial charge in [0.1, 0.15) is 5.76 Å². The number of nitrogens with zero attached hydrogens (tertiary/aromatic N) is 1. The van der Waals surface area contributed by atoms with Gasteiger partial charge in [0.15, 0.2) is 0 Å². The van der Waals surface area contributed by atoms with Crippen LogP contribution in [0.5, 0.6) is 0 Å². The Morgan fingerprint density at radius 2 is 2.33 bits per heavy atom. The second-order valence-corrected chi connectivity index (χ2v) is 5.95. The van der Waals surface area contributed by atoms with Gasteiger partial charge in [-0.2, -0.15) is 0 Å².